The highest BCUT2D eigenvalue weighted by Gasteiger charge is 2.29. The van der Waals surface area contributed by atoms with E-state index >= 15 is 0 Å². The van der Waals surface area contributed by atoms with E-state index in [-0.39, 0.29) is 22.5 Å². The number of nitrogens with one attached hydrogen (secondary N) is 2. The molecule has 0 aromatic heterocycles. The molecule has 0 unspecified atom stereocenters. The molecule has 23 heavy (non-hydrogen) atoms. The van der Waals surface area contributed by atoms with E-state index in [2.05, 4.69) is 10.0 Å². The van der Waals surface area contributed by atoms with Crippen LogP contribution >= 0.6 is 0 Å². The lowest BCUT2D eigenvalue weighted by Crippen LogP contribution is -2.26. The van der Waals surface area contributed by atoms with Crippen molar-refractivity contribution in [2.75, 3.05) is 5.32 Å². The lowest BCUT2D eigenvalue weighted by Gasteiger charge is -2.24. The maximum absolute atomic E-state index is 12.2. The zero-order valence-electron chi connectivity index (χ0n) is 12.9. The normalized spacial score (nSPS) is 19.5. The minimum atomic E-state index is -3.64. The van der Waals surface area contributed by atoms with Gasteiger partial charge in [-0.05, 0) is 43.9 Å². The van der Waals surface area contributed by atoms with Gasteiger partial charge in [-0.2, -0.15) is 0 Å². The smallest absolute Gasteiger partial charge is 0.337 e. The van der Waals surface area contributed by atoms with Crippen LogP contribution in [-0.2, 0) is 10.0 Å². The molecule has 0 radical (unpaired) electrons. The topological polar surface area (TPSA) is 95.5 Å². The molecule has 2 saturated carbocycles. The first-order chi connectivity index (χ1) is 11.0. The average molecular weight is 338 g/mol. The van der Waals surface area contributed by atoms with E-state index in [1.54, 1.807) is 6.07 Å². The largest absolute Gasteiger partial charge is 0.478 e. The van der Waals surface area contributed by atoms with Gasteiger partial charge in [-0.25, -0.2) is 17.9 Å². The molecule has 0 spiro atoms. The highest BCUT2D eigenvalue weighted by molar-refractivity contribution is 7.89. The summed E-state index contributed by atoms with van der Waals surface area (Å²) in [5.74, 6) is -1.12. The Morgan fingerprint density at radius 3 is 2.35 bits per heavy atom. The van der Waals surface area contributed by atoms with Crippen molar-refractivity contribution >= 4 is 21.7 Å². The molecule has 0 aliphatic heterocycles. The molecule has 6 nitrogen and oxygen atoms in total. The third kappa shape index (κ3) is 4.03. The van der Waals surface area contributed by atoms with Crippen molar-refractivity contribution in [3.8, 4) is 0 Å². The first kappa shape index (κ1) is 16.3. The van der Waals surface area contributed by atoms with E-state index in [1.165, 1.54) is 18.6 Å². The van der Waals surface area contributed by atoms with Gasteiger partial charge in [0.15, 0.2) is 0 Å². The summed E-state index contributed by atoms with van der Waals surface area (Å²) in [4.78, 5) is 11.5. The standard InChI is InChI=1S/C16H22N2O4S/c19-16(20)14-10-13(23(21,22)18-12-6-7-12)8-9-15(14)17-11-4-2-1-3-5-11/h8-12,17-18H,1-7H2,(H,19,20). The van der Waals surface area contributed by atoms with E-state index in [1.807, 2.05) is 0 Å². The number of sulfonamides is 1. The molecule has 7 heteroatoms. The van der Waals surface area contributed by atoms with Gasteiger partial charge in [0.25, 0.3) is 0 Å². The number of hydrogen-bond donors (Lipinski definition) is 3. The van der Waals surface area contributed by atoms with E-state index in [0.29, 0.717) is 5.69 Å². The zero-order valence-corrected chi connectivity index (χ0v) is 13.7. The van der Waals surface area contributed by atoms with E-state index in [9.17, 15) is 18.3 Å². The summed E-state index contributed by atoms with van der Waals surface area (Å²) in [7, 11) is -3.64. The average Bonchev–Trinajstić information content (AvgIpc) is 3.31. The van der Waals surface area contributed by atoms with Crippen molar-refractivity contribution < 1.29 is 18.3 Å². The summed E-state index contributed by atoms with van der Waals surface area (Å²) < 4.78 is 27.0. The number of rotatable bonds is 6. The quantitative estimate of drug-likeness (QED) is 0.741. The van der Waals surface area contributed by atoms with Crippen LogP contribution in [0, 0.1) is 0 Å². The molecule has 2 fully saturated rings. The fourth-order valence-corrected chi connectivity index (χ4v) is 4.28. The summed E-state index contributed by atoms with van der Waals surface area (Å²) in [6.07, 6.45) is 7.20. The van der Waals surface area contributed by atoms with Crippen molar-refractivity contribution in [2.45, 2.75) is 61.9 Å². The van der Waals surface area contributed by atoms with Gasteiger partial charge in [-0.15, -0.1) is 0 Å². The summed E-state index contributed by atoms with van der Waals surface area (Å²) in [6.45, 7) is 0. The number of carbonyl (C=O) groups is 1. The zero-order chi connectivity index (χ0) is 16.4. The monoisotopic (exact) mass is 338 g/mol. The Morgan fingerprint density at radius 2 is 1.74 bits per heavy atom. The van der Waals surface area contributed by atoms with Crippen LogP contribution in [0.2, 0.25) is 0 Å². The van der Waals surface area contributed by atoms with Crippen molar-refractivity contribution in [1.29, 1.82) is 0 Å². The number of anilines is 1. The summed E-state index contributed by atoms with van der Waals surface area (Å²) >= 11 is 0. The van der Waals surface area contributed by atoms with Crippen LogP contribution in [0.3, 0.4) is 0 Å². The molecule has 1 aromatic rings. The molecule has 126 valence electrons. The van der Waals surface area contributed by atoms with Crippen LogP contribution in [0.4, 0.5) is 5.69 Å². The fourth-order valence-electron chi connectivity index (χ4n) is 2.95. The van der Waals surface area contributed by atoms with Gasteiger partial charge in [0.1, 0.15) is 0 Å². The highest BCUT2D eigenvalue weighted by Crippen LogP contribution is 2.27. The van der Waals surface area contributed by atoms with E-state index in [4.69, 9.17) is 0 Å². The molecular formula is C16H22N2O4S. The molecule has 0 saturated heterocycles. The molecular weight excluding hydrogens is 316 g/mol. The van der Waals surface area contributed by atoms with E-state index in [0.717, 1.165) is 38.5 Å². The second-order valence-electron chi connectivity index (χ2n) is 6.39. The Balaban J connectivity index is 1.84. The van der Waals surface area contributed by atoms with Crippen molar-refractivity contribution in [3.05, 3.63) is 23.8 Å². The summed E-state index contributed by atoms with van der Waals surface area (Å²) in [5, 5.41) is 12.7. The molecule has 2 aliphatic carbocycles. The second kappa shape index (κ2) is 6.49. The van der Waals surface area contributed by atoms with Crippen LogP contribution in [0.25, 0.3) is 0 Å². The van der Waals surface area contributed by atoms with Gasteiger partial charge in [-0.1, -0.05) is 19.3 Å². The van der Waals surface area contributed by atoms with Gasteiger partial charge < -0.3 is 10.4 Å². The number of benzene rings is 1. The van der Waals surface area contributed by atoms with Gasteiger partial charge in [0, 0.05) is 17.8 Å². The predicted octanol–water partition coefficient (Wildman–Crippen LogP) is 2.57. The minimum absolute atomic E-state index is 0.00619. The molecule has 0 amide bonds. The van der Waals surface area contributed by atoms with E-state index < -0.39 is 16.0 Å². The molecule has 0 heterocycles. The third-order valence-electron chi connectivity index (χ3n) is 4.40. The maximum atomic E-state index is 12.2. The molecule has 0 bridgehead atoms. The highest BCUT2D eigenvalue weighted by atomic mass is 32.2. The van der Waals surface area contributed by atoms with Crippen LogP contribution in [0.15, 0.2) is 23.1 Å². The van der Waals surface area contributed by atoms with Crippen LogP contribution in [0.5, 0.6) is 0 Å². The third-order valence-corrected chi connectivity index (χ3v) is 5.91. The van der Waals surface area contributed by atoms with Gasteiger partial charge >= 0.3 is 5.97 Å². The first-order valence-corrected chi connectivity index (χ1v) is 9.60. The van der Waals surface area contributed by atoms with Gasteiger partial charge in [0.2, 0.25) is 10.0 Å². The Kier molecular flexibility index (Phi) is 4.59. The number of aromatic carboxylic acids is 1. The summed E-state index contributed by atoms with van der Waals surface area (Å²) in [5.41, 5.74) is 0.504. The molecule has 1 aromatic carbocycles. The lowest BCUT2D eigenvalue weighted by atomic mass is 9.95. The number of hydrogen-bond acceptors (Lipinski definition) is 4. The van der Waals surface area contributed by atoms with Gasteiger partial charge in [0.05, 0.1) is 10.5 Å². The Bertz CT molecular complexity index is 692. The van der Waals surface area contributed by atoms with Crippen LogP contribution < -0.4 is 10.0 Å². The lowest BCUT2D eigenvalue weighted by molar-refractivity contribution is 0.0697. The fraction of sp³-hybridized carbons (Fsp3) is 0.562. The first-order valence-electron chi connectivity index (χ1n) is 8.12. The van der Waals surface area contributed by atoms with Gasteiger partial charge in [-0.3, -0.25) is 0 Å². The Morgan fingerprint density at radius 1 is 1.04 bits per heavy atom. The summed E-state index contributed by atoms with van der Waals surface area (Å²) in [6, 6.07) is 4.54. The number of carboxylic acids is 1. The Labute approximate surface area is 136 Å². The Hall–Kier alpha value is -1.60. The second-order valence-corrected chi connectivity index (χ2v) is 8.10. The van der Waals surface area contributed by atoms with Crippen molar-refractivity contribution in [3.63, 3.8) is 0 Å². The minimum Gasteiger partial charge on any atom is -0.478 e. The number of carboxylic acid groups (broad SMARTS) is 1. The van der Waals surface area contributed by atoms with Crippen LogP contribution in [-0.4, -0.2) is 31.6 Å². The molecule has 0 atom stereocenters. The molecule has 3 rings (SSSR count). The maximum Gasteiger partial charge on any atom is 0.337 e. The SMILES string of the molecule is O=C(O)c1cc(S(=O)(=O)NC2CC2)ccc1NC1CCCCC1. The van der Waals surface area contributed by atoms with Crippen molar-refractivity contribution in [1.82, 2.24) is 4.72 Å². The van der Waals surface area contributed by atoms with Crippen molar-refractivity contribution in [2.24, 2.45) is 0 Å². The van der Waals surface area contributed by atoms with Crippen LogP contribution in [0.1, 0.15) is 55.3 Å². The molecule has 3 N–H and O–H groups in total. The molecule has 2 aliphatic rings. The predicted molar refractivity (Wildman–Crippen MR) is 87.2 cm³/mol.